The average Bonchev–Trinajstić information content (AvgIpc) is 2.98. The molecule has 0 aliphatic heterocycles. The highest BCUT2D eigenvalue weighted by Gasteiger charge is 2.15. The number of unbranched alkanes of at least 4 members (excludes halogenated alkanes) is 1. The van der Waals surface area contributed by atoms with E-state index in [1.165, 1.54) is 11.7 Å². The van der Waals surface area contributed by atoms with Gasteiger partial charge in [0.15, 0.2) is 5.57 Å². The molecule has 2 aromatic rings. The summed E-state index contributed by atoms with van der Waals surface area (Å²) >= 11 is 13.2. The summed E-state index contributed by atoms with van der Waals surface area (Å²) in [6, 6.07) is 6.90. The number of hydrogen-bond acceptors (Lipinski definition) is 5. The zero-order valence-electron chi connectivity index (χ0n) is 16.1. The van der Waals surface area contributed by atoms with Gasteiger partial charge in [0.05, 0.1) is 17.7 Å². The Morgan fingerprint density at radius 2 is 2.17 bits per heavy atom. The Balaban J connectivity index is 2.67. The molecule has 1 aromatic heterocycles. The summed E-state index contributed by atoms with van der Waals surface area (Å²) in [7, 11) is 1.52. The molecule has 0 aliphatic carbocycles. The Morgan fingerprint density at radius 3 is 2.79 bits per heavy atom. The van der Waals surface area contributed by atoms with Crippen LogP contribution in [0, 0.1) is 11.3 Å². The maximum Gasteiger partial charge on any atom is 0.269 e. The number of hydrogen-bond donors (Lipinski definition) is 1. The van der Waals surface area contributed by atoms with Crippen LogP contribution in [0.25, 0.3) is 11.6 Å². The average molecular weight is 454 g/mol. The maximum absolute atomic E-state index is 12.9. The third kappa shape index (κ3) is 5.94. The van der Waals surface area contributed by atoms with Crippen LogP contribution in [-0.4, -0.2) is 30.7 Å². The molecule has 0 saturated carbocycles. The van der Waals surface area contributed by atoms with Gasteiger partial charge in [0.25, 0.3) is 11.5 Å². The summed E-state index contributed by atoms with van der Waals surface area (Å²) in [6.07, 6.45) is 3.35. The van der Waals surface area contributed by atoms with E-state index in [0.717, 1.165) is 24.2 Å². The van der Waals surface area contributed by atoms with Gasteiger partial charge in [-0.3, -0.25) is 14.2 Å². The molecule has 0 bridgehead atoms. The number of carbonyl (C=O) groups is 1. The van der Waals surface area contributed by atoms with Crippen molar-refractivity contribution in [1.82, 2.24) is 9.88 Å². The van der Waals surface area contributed by atoms with Crippen molar-refractivity contribution in [2.24, 2.45) is 0 Å². The molecule has 1 amide bonds. The van der Waals surface area contributed by atoms with E-state index in [4.69, 9.17) is 27.9 Å². The van der Waals surface area contributed by atoms with Gasteiger partial charge in [-0.2, -0.15) is 5.26 Å². The van der Waals surface area contributed by atoms with Gasteiger partial charge in [0, 0.05) is 23.7 Å². The lowest BCUT2D eigenvalue weighted by Crippen LogP contribution is -2.36. The normalized spacial score (nSPS) is 12.6. The van der Waals surface area contributed by atoms with E-state index in [1.807, 2.05) is 13.0 Å². The summed E-state index contributed by atoms with van der Waals surface area (Å²) in [5.74, 6) is -0.496. The first-order chi connectivity index (χ1) is 13.9. The highest BCUT2D eigenvalue weighted by atomic mass is 35.5. The fraction of sp³-hybridized carbons (Fsp3) is 0.350. The van der Waals surface area contributed by atoms with Gasteiger partial charge >= 0.3 is 0 Å². The zero-order valence-corrected chi connectivity index (χ0v) is 18.5. The van der Waals surface area contributed by atoms with E-state index in [0.29, 0.717) is 31.3 Å². The molecule has 1 aromatic carbocycles. The van der Waals surface area contributed by atoms with E-state index in [-0.39, 0.29) is 24.3 Å². The first-order valence-corrected chi connectivity index (χ1v) is 10.6. The van der Waals surface area contributed by atoms with Gasteiger partial charge in [0.2, 0.25) is 0 Å². The lowest BCUT2D eigenvalue weighted by Gasteiger charge is -2.04. The molecule has 0 fully saturated rings. The first-order valence-electron chi connectivity index (χ1n) is 9.00. The fourth-order valence-electron chi connectivity index (χ4n) is 2.51. The Bertz CT molecular complexity index is 1100. The molecule has 154 valence electrons. The molecule has 0 unspecified atom stereocenters. The predicted molar refractivity (Wildman–Crippen MR) is 117 cm³/mol. The lowest BCUT2D eigenvalue weighted by atomic mass is 10.2. The molecule has 0 radical (unpaired) electrons. The second-order valence-corrected chi connectivity index (χ2v) is 8.00. The topological polar surface area (TPSA) is 84.1 Å². The quantitative estimate of drug-likeness (QED) is 0.621. The Morgan fingerprint density at radius 1 is 1.41 bits per heavy atom. The Kier molecular flexibility index (Phi) is 8.93. The summed E-state index contributed by atoms with van der Waals surface area (Å²) in [5, 5.41) is 13.2. The largest absolute Gasteiger partial charge is 0.383 e. The van der Waals surface area contributed by atoms with E-state index in [9.17, 15) is 14.9 Å². The molecule has 0 saturated heterocycles. The number of nitriles is 1. The SMILES string of the molecule is CCCCNC(=O)/C(C#N)=c1\s/c(=C\c2ccc(Cl)cc2Cl)c(=O)n1CCOC. The summed E-state index contributed by atoms with van der Waals surface area (Å²) in [4.78, 5) is 25.4. The monoisotopic (exact) mass is 453 g/mol. The third-order valence-corrected chi connectivity index (χ3v) is 5.74. The molecule has 0 aliphatic rings. The number of rotatable bonds is 8. The molecule has 2 rings (SSSR count). The minimum absolute atomic E-state index is 0.0961. The molecule has 0 spiro atoms. The molecule has 1 heterocycles. The second kappa shape index (κ2) is 11.2. The van der Waals surface area contributed by atoms with Gasteiger partial charge in [0.1, 0.15) is 10.7 Å². The highest BCUT2D eigenvalue weighted by Crippen LogP contribution is 2.21. The van der Waals surface area contributed by atoms with Crippen molar-refractivity contribution in [3.05, 3.63) is 53.4 Å². The number of ether oxygens (including phenoxy) is 1. The van der Waals surface area contributed by atoms with Crippen LogP contribution in [-0.2, 0) is 16.1 Å². The number of aromatic nitrogens is 1. The number of amides is 1. The molecular weight excluding hydrogens is 433 g/mol. The van der Waals surface area contributed by atoms with Gasteiger partial charge < -0.3 is 10.1 Å². The van der Waals surface area contributed by atoms with Crippen LogP contribution in [0.1, 0.15) is 25.3 Å². The first kappa shape index (κ1) is 23.2. The molecule has 1 N–H and O–H groups in total. The van der Waals surface area contributed by atoms with E-state index >= 15 is 0 Å². The van der Waals surface area contributed by atoms with Crippen molar-refractivity contribution in [2.45, 2.75) is 26.3 Å². The zero-order chi connectivity index (χ0) is 21.4. The number of halogens is 2. The van der Waals surface area contributed by atoms with Crippen LogP contribution in [0.3, 0.4) is 0 Å². The van der Waals surface area contributed by atoms with Crippen molar-refractivity contribution in [1.29, 1.82) is 5.26 Å². The third-order valence-electron chi connectivity index (χ3n) is 4.04. The minimum atomic E-state index is -0.496. The lowest BCUT2D eigenvalue weighted by molar-refractivity contribution is -0.115. The second-order valence-electron chi connectivity index (χ2n) is 6.13. The van der Waals surface area contributed by atoms with E-state index in [2.05, 4.69) is 5.32 Å². The molecule has 9 heteroatoms. The smallest absolute Gasteiger partial charge is 0.269 e. The number of methoxy groups -OCH3 is 1. The van der Waals surface area contributed by atoms with Crippen molar-refractivity contribution in [2.75, 3.05) is 20.3 Å². The van der Waals surface area contributed by atoms with Gasteiger partial charge in [-0.25, -0.2) is 0 Å². The molecule has 29 heavy (non-hydrogen) atoms. The van der Waals surface area contributed by atoms with Crippen LogP contribution in [0.5, 0.6) is 0 Å². The van der Waals surface area contributed by atoms with Crippen LogP contribution >= 0.6 is 34.5 Å². The maximum atomic E-state index is 12.9. The predicted octanol–water partition coefficient (Wildman–Crippen LogP) is 2.28. The number of nitrogens with one attached hydrogen (secondary N) is 1. The van der Waals surface area contributed by atoms with Crippen molar-refractivity contribution in [3.8, 4) is 6.07 Å². The van der Waals surface area contributed by atoms with Crippen LogP contribution in [0.2, 0.25) is 10.0 Å². The van der Waals surface area contributed by atoms with Crippen molar-refractivity contribution in [3.63, 3.8) is 0 Å². The van der Waals surface area contributed by atoms with Gasteiger partial charge in [-0.1, -0.05) is 42.6 Å². The fourth-order valence-corrected chi connectivity index (χ4v) is 4.09. The molecule has 0 atom stereocenters. The highest BCUT2D eigenvalue weighted by molar-refractivity contribution is 7.07. The van der Waals surface area contributed by atoms with Crippen molar-refractivity contribution < 1.29 is 9.53 Å². The number of thiazole rings is 1. The summed E-state index contributed by atoms with van der Waals surface area (Å²) in [6.45, 7) is 2.96. The summed E-state index contributed by atoms with van der Waals surface area (Å²) < 4.78 is 7.11. The summed E-state index contributed by atoms with van der Waals surface area (Å²) in [5.41, 5.74) is 0.203. The Labute approximate surface area is 182 Å². The minimum Gasteiger partial charge on any atom is -0.383 e. The van der Waals surface area contributed by atoms with Crippen LogP contribution in [0.4, 0.5) is 0 Å². The van der Waals surface area contributed by atoms with Crippen LogP contribution < -0.4 is 20.1 Å². The van der Waals surface area contributed by atoms with E-state index in [1.54, 1.807) is 24.3 Å². The number of benzene rings is 1. The van der Waals surface area contributed by atoms with Gasteiger partial charge in [-0.15, -0.1) is 11.3 Å². The number of carbonyl (C=O) groups excluding carboxylic acids is 1. The van der Waals surface area contributed by atoms with E-state index < -0.39 is 5.91 Å². The van der Waals surface area contributed by atoms with Gasteiger partial charge in [-0.05, 0) is 30.2 Å². The van der Waals surface area contributed by atoms with Crippen LogP contribution in [0.15, 0.2) is 23.0 Å². The van der Waals surface area contributed by atoms with Crippen molar-refractivity contribution >= 4 is 52.1 Å². The number of nitrogens with zero attached hydrogens (tertiary/aromatic N) is 2. The standard InChI is InChI=1S/C20H21Cl2N3O3S/c1-3-4-7-24-18(26)15(12-23)20-25(8-9-28-2)19(27)17(29-20)10-13-5-6-14(21)11-16(13)22/h5-6,10-11H,3-4,7-9H2,1-2H3,(H,24,26)/b17-10-,20-15-. The molecular formula is C20H21Cl2N3O3S. The Hall–Kier alpha value is -2.11. The molecule has 6 nitrogen and oxygen atoms in total.